The van der Waals surface area contributed by atoms with E-state index in [-0.39, 0.29) is 6.04 Å². The first kappa shape index (κ1) is 10.4. The molecule has 86 valence electrons. The Morgan fingerprint density at radius 1 is 1.18 bits per heavy atom. The van der Waals surface area contributed by atoms with Crippen LogP contribution in [0.4, 0.5) is 0 Å². The smallest absolute Gasteiger partial charge is 0.115 e. The Labute approximate surface area is 101 Å². The van der Waals surface area contributed by atoms with Crippen molar-refractivity contribution in [2.45, 2.75) is 19.5 Å². The first-order valence-electron chi connectivity index (χ1n) is 5.86. The molecule has 2 aromatic rings. The molecule has 17 heavy (non-hydrogen) atoms. The van der Waals surface area contributed by atoms with Crippen LogP contribution < -0.4 is 5.32 Å². The van der Waals surface area contributed by atoms with Gasteiger partial charge in [0.05, 0.1) is 6.04 Å². The minimum atomic E-state index is 0.206. The minimum Gasteiger partial charge on any atom is -0.508 e. The molecule has 0 fully saturated rings. The summed E-state index contributed by atoms with van der Waals surface area (Å²) in [6, 6.07) is 14.2. The quantitative estimate of drug-likeness (QED) is 0.782. The van der Waals surface area contributed by atoms with Gasteiger partial charge in [-0.3, -0.25) is 0 Å². The van der Waals surface area contributed by atoms with Crippen molar-refractivity contribution in [1.82, 2.24) is 5.32 Å². The van der Waals surface area contributed by atoms with E-state index in [1.165, 1.54) is 16.7 Å². The topological polar surface area (TPSA) is 32.3 Å². The van der Waals surface area contributed by atoms with Crippen molar-refractivity contribution in [3.63, 3.8) is 0 Å². The third kappa shape index (κ3) is 1.81. The number of fused-ring (bicyclic) bond motifs is 1. The minimum absolute atomic E-state index is 0.206. The Balaban J connectivity index is 2.04. The molecule has 2 N–H and O–H groups in total. The maximum absolute atomic E-state index is 9.54. The summed E-state index contributed by atoms with van der Waals surface area (Å²) in [7, 11) is 0. The number of nitrogens with one attached hydrogen (secondary N) is 1. The van der Waals surface area contributed by atoms with E-state index in [1.54, 1.807) is 6.07 Å². The molecule has 0 spiro atoms. The van der Waals surface area contributed by atoms with Crippen molar-refractivity contribution in [1.29, 1.82) is 0 Å². The lowest BCUT2D eigenvalue weighted by atomic mass is 9.97. The van der Waals surface area contributed by atoms with E-state index in [4.69, 9.17) is 0 Å². The molecule has 2 aromatic carbocycles. The zero-order chi connectivity index (χ0) is 11.8. The molecule has 1 aliphatic heterocycles. The molecule has 0 radical (unpaired) electrons. The second kappa shape index (κ2) is 3.90. The van der Waals surface area contributed by atoms with Crippen molar-refractivity contribution in [3.05, 3.63) is 64.7 Å². The average molecular weight is 225 g/mol. The highest BCUT2D eigenvalue weighted by Crippen LogP contribution is 2.32. The number of phenolic OH excluding ortho intramolecular Hbond substituents is 1. The second-order valence-corrected chi connectivity index (χ2v) is 4.61. The summed E-state index contributed by atoms with van der Waals surface area (Å²) in [5, 5.41) is 13.0. The van der Waals surface area contributed by atoms with Crippen LogP contribution >= 0.6 is 0 Å². The lowest BCUT2D eigenvalue weighted by Crippen LogP contribution is -2.12. The van der Waals surface area contributed by atoms with E-state index < -0.39 is 0 Å². The van der Waals surface area contributed by atoms with Crippen LogP contribution in [-0.4, -0.2) is 5.11 Å². The van der Waals surface area contributed by atoms with Crippen LogP contribution in [0.1, 0.15) is 28.3 Å². The fraction of sp³-hybridized carbons (Fsp3) is 0.200. The van der Waals surface area contributed by atoms with Gasteiger partial charge in [-0.05, 0) is 35.7 Å². The molecule has 1 heterocycles. The molecular weight excluding hydrogens is 210 g/mol. The predicted molar refractivity (Wildman–Crippen MR) is 68.0 cm³/mol. The van der Waals surface area contributed by atoms with Gasteiger partial charge in [-0.1, -0.05) is 35.9 Å². The highest BCUT2D eigenvalue weighted by Gasteiger charge is 2.23. The lowest BCUT2D eigenvalue weighted by molar-refractivity contribution is 0.473. The largest absolute Gasteiger partial charge is 0.508 e. The first-order valence-corrected chi connectivity index (χ1v) is 5.86. The van der Waals surface area contributed by atoms with Gasteiger partial charge in [-0.2, -0.15) is 0 Å². The van der Waals surface area contributed by atoms with Crippen LogP contribution in [0.15, 0.2) is 42.5 Å². The summed E-state index contributed by atoms with van der Waals surface area (Å²) in [4.78, 5) is 0. The van der Waals surface area contributed by atoms with E-state index in [1.807, 2.05) is 18.2 Å². The Morgan fingerprint density at radius 2 is 2.06 bits per heavy atom. The summed E-state index contributed by atoms with van der Waals surface area (Å²) in [6.07, 6.45) is 0. The molecule has 2 nitrogen and oxygen atoms in total. The van der Waals surface area contributed by atoms with Gasteiger partial charge in [0, 0.05) is 6.54 Å². The fourth-order valence-electron chi connectivity index (χ4n) is 2.49. The highest BCUT2D eigenvalue weighted by atomic mass is 16.3. The molecule has 3 rings (SSSR count). The Kier molecular flexibility index (Phi) is 2.37. The molecule has 0 amide bonds. The Bertz CT molecular complexity index is 563. The molecule has 2 heteroatoms. The first-order chi connectivity index (χ1) is 8.24. The van der Waals surface area contributed by atoms with E-state index >= 15 is 0 Å². The molecule has 0 aliphatic carbocycles. The fourth-order valence-corrected chi connectivity index (χ4v) is 2.49. The highest BCUT2D eigenvalue weighted by molar-refractivity contribution is 5.44. The maximum atomic E-state index is 9.54. The van der Waals surface area contributed by atoms with Gasteiger partial charge in [0.15, 0.2) is 0 Å². The molecule has 0 saturated carbocycles. The van der Waals surface area contributed by atoms with E-state index in [0.717, 1.165) is 12.1 Å². The van der Waals surface area contributed by atoms with Gasteiger partial charge in [0.1, 0.15) is 5.75 Å². The lowest BCUT2D eigenvalue weighted by Gasteiger charge is -2.13. The average Bonchev–Trinajstić information content (AvgIpc) is 2.71. The van der Waals surface area contributed by atoms with E-state index in [0.29, 0.717) is 5.75 Å². The van der Waals surface area contributed by atoms with Gasteiger partial charge in [0.25, 0.3) is 0 Å². The molecule has 0 saturated heterocycles. The summed E-state index contributed by atoms with van der Waals surface area (Å²) >= 11 is 0. The van der Waals surface area contributed by atoms with Crippen molar-refractivity contribution in [2.24, 2.45) is 0 Å². The third-order valence-corrected chi connectivity index (χ3v) is 3.31. The summed E-state index contributed by atoms with van der Waals surface area (Å²) in [5.74, 6) is 0.324. The number of benzene rings is 2. The Morgan fingerprint density at radius 3 is 2.88 bits per heavy atom. The van der Waals surface area contributed by atoms with Crippen LogP contribution in [0.25, 0.3) is 0 Å². The second-order valence-electron chi connectivity index (χ2n) is 4.61. The number of aromatic hydroxyl groups is 1. The summed E-state index contributed by atoms with van der Waals surface area (Å²) < 4.78 is 0. The normalized spacial score (nSPS) is 18.1. The molecule has 1 aliphatic rings. The third-order valence-electron chi connectivity index (χ3n) is 3.31. The van der Waals surface area contributed by atoms with Crippen LogP contribution in [0.3, 0.4) is 0 Å². The van der Waals surface area contributed by atoms with Gasteiger partial charge in [0.2, 0.25) is 0 Å². The molecule has 0 bridgehead atoms. The van der Waals surface area contributed by atoms with Crippen molar-refractivity contribution in [2.75, 3.05) is 0 Å². The number of aryl methyl sites for hydroxylation is 1. The molecule has 1 unspecified atom stereocenters. The summed E-state index contributed by atoms with van der Waals surface area (Å²) in [5.41, 5.74) is 5.09. The number of hydrogen-bond donors (Lipinski definition) is 2. The SMILES string of the molecule is Cc1ccc2c(c1)CNC2c1cccc(O)c1. The molecule has 1 atom stereocenters. The van der Waals surface area contributed by atoms with Crippen LogP contribution in [0.5, 0.6) is 5.75 Å². The van der Waals surface area contributed by atoms with Crippen molar-refractivity contribution < 1.29 is 5.11 Å². The zero-order valence-electron chi connectivity index (χ0n) is 9.77. The predicted octanol–water partition coefficient (Wildman–Crippen LogP) is 2.89. The van der Waals surface area contributed by atoms with Gasteiger partial charge >= 0.3 is 0 Å². The standard InChI is InChI=1S/C15H15NO/c1-10-5-6-14-12(7-10)9-16-15(14)11-3-2-4-13(17)8-11/h2-8,15-17H,9H2,1H3. The van der Waals surface area contributed by atoms with Crippen LogP contribution in [0.2, 0.25) is 0 Å². The van der Waals surface area contributed by atoms with Gasteiger partial charge < -0.3 is 10.4 Å². The monoisotopic (exact) mass is 225 g/mol. The molecule has 0 aromatic heterocycles. The number of phenols is 1. The van der Waals surface area contributed by atoms with Crippen molar-refractivity contribution in [3.8, 4) is 5.75 Å². The number of hydrogen-bond acceptors (Lipinski definition) is 2. The van der Waals surface area contributed by atoms with E-state index in [9.17, 15) is 5.11 Å². The van der Waals surface area contributed by atoms with Gasteiger partial charge in [-0.15, -0.1) is 0 Å². The zero-order valence-corrected chi connectivity index (χ0v) is 9.77. The molecular formula is C15H15NO. The van der Waals surface area contributed by atoms with Crippen molar-refractivity contribution >= 4 is 0 Å². The summed E-state index contributed by atoms with van der Waals surface area (Å²) in [6.45, 7) is 3.01. The van der Waals surface area contributed by atoms with E-state index in [2.05, 4.69) is 30.4 Å². The Hall–Kier alpha value is -1.80. The van der Waals surface area contributed by atoms with Crippen LogP contribution in [0, 0.1) is 6.92 Å². The van der Waals surface area contributed by atoms with Crippen LogP contribution in [-0.2, 0) is 6.54 Å². The van der Waals surface area contributed by atoms with Gasteiger partial charge in [-0.25, -0.2) is 0 Å². The maximum Gasteiger partial charge on any atom is 0.115 e. The number of rotatable bonds is 1.